The Kier molecular flexibility index (Phi) is 9.59. The number of aliphatic hydroxyl groups excluding tert-OH is 2. The largest absolute Gasteiger partial charge is 0.467 e. The predicted molar refractivity (Wildman–Crippen MR) is 141 cm³/mol. The first-order chi connectivity index (χ1) is 18.4. The smallest absolute Gasteiger partial charge is 0.252 e. The summed E-state index contributed by atoms with van der Waals surface area (Å²) in [5.74, 6) is 0.138. The van der Waals surface area contributed by atoms with Crippen molar-refractivity contribution in [1.82, 2.24) is 16.0 Å². The molecule has 2 aliphatic heterocycles. The SMILES string of the molecule is CNCC1=CC[C@@H](N)[C@@H](O[C@H]2[C@H](O)[C@@H](OC3OCC(C)(C)[C@H](NC)[C@H]3O)C(NC(=O)C3(O)CCC3)C[C@@H]2N)O1. The summed E-state index contributed by atoms with van der Waals surface area (Å²) >= 11 is 0. The number of carbonyl (C=O) groups excluding carboxylic acids is 1. The van der Waals surface area contributed by atoms with Crippen LogP contribution < -0.4 is 27.4 Å². The van der Waals surface area contributed by atoms with Gasteiger partial charge < -0.3 is 61.7 Å². The van der Waals surface area contributed by atoms with E-state index in [0.29, 0.717) is 38.2 Å². The standard InChI is InChI=1S/C26H47N5O8/c1-25(2)12-36-23(18(33)21(25)30-4)39-20-16(31-24(34)26(35)8-5-9-26)10-15(28)19(17(20)32)38-22-14(27)7-6-13(37-22)11-29-3/h6,14-23,29-30,32-33,35H,5,7-12,27-28H2,1-4H3,(H,31,34)/t14-,15+,16?,17+,18-,19-,20+,21-,22-,23?/m1/s1. The number of likely N-dealkylation sites (N-methyl/N-ethyl adjacent to an activating group) is 2. The number of rotatable bonds is 9. The van der Waals surface area contributed by atoms with Gasteiger partial charge in [0.1, 0.15) is 35.8 Å². The highest BCUT2D eigenvalue weighted by molar-refractivity contribution is 5.86. The van der Waals surface area contributed by atoms with Crippen molar-refractivity contribution in [3.63, 3.8) is 0 Å². The van der Waals surface area contributed by atoms with Gasteiger partial charge in [-0.15, -0.1) is 0 Å². The van der Waals surface area contributed by atoms with Crippen LogP contribution in [0.1, 0.15) is 46.0 Å². The Hall–Kier alpha value is -1.39. The Morgan fingerprint density at radius 2 is 1.79 bits per heavy atom. The summed E-state index contributed by atoms with van der Waals surface area (Å²) in [5, 5.41) is 42.2. The molecule has 2 aliphatic carbocycles. The van der Waals surface area contributed by atoms with Gasteiger partial charge in [-0.2, -0.15) is 0 Å². The minimum absolute atomic E-state index is 0.180. The van der Waals surface area contributed by atoms with Crippen molar-refractivity contribution in [3.05, 3.63) is 11.8 Å². The Bertz CT molecular complexity index is 886. The molecule has 0 bridgehead atoms. The van der Waals surface area contributed by atoms with Crippen LogP contribution >= 0.6 is 0 Å². The van der Waals surface area contributed by atoms with Gasteiger partial charge in [-0.05, 0) is 52.3 Å². The predicted octanol–water partition coefficient (Wildman–Crippen LogP) is -2.24. The molecule has 4 aliphatic rings. The van der Waals surface area contributed by atoms with E-state index < -0.39 is 66.6 Å². The molecule has 10 atom stereocenters. The van der Waals surface area contributed by atoms with Gasteiger partial charge in [0, 0.05) is 17.5 Å². The van der Waals surface area contributed by atoms with Gasteiger partial charge in [-0.25, -0.2) is 0 Å². The fraction of sp³-hybridized carbons (Fsp3) is 0.885. The molecule has 4 rings (SSSR count). The topological polar surface area (TPSA) is 203 Å². The van der Waals surface area contributed by atoms with E-state index in [2.05, 4.69) is 16.0 Å². The third-order valence-electron chi connectivity index (χ3n) is 8.50. The Morgan fingerprint density at radius 3 is 2.41 bits per heavy atom. The summed E-state index contributed by atoms with van der Waals surface area (Å²) < 4.78 is 24.2. The van der Waals surface area contributed by atoms with Crippen LogP contribution in [0.5, 0.6) is 0 Å². The normalized spacial score (nSPS) is 41.6. The average Bonchev–Trinajstić information content (AvgIpc) is 2.85. The van der Waals surface area contributed by atoms with Crippen LogP contribution in [0.4, 0.5) is 0 Å². The summed E-state index contributed by atoms with van der Waals surface area (Å²) in [5.41, 5.74) is 10.9. The highest BCUT2D eigenvalue weighted by Gasteiger charge is 2.52. The van der Waals surface area contributed by atoms with Crippen LogP contribution in [-0.2, 0) is 23.7 Å². The third kappa shape index (κ3) is 6.43. The minimum atomic E-state index is -1.45. The molecule has 1 amide bonds. The summed E-state index contributed by atoms with van der Waals surface area (Å²) in [4.78, 5) is 12.9. The van der Waals surface area contributed by atoms with Gasteiger partial charge in [0.05, 0.1) is 25.2 Å². The van der Waals surface area contributed by atoms with E-state index >= 15 is 0 Å². The maximum absolute atomic E-state index is 12.9. The van der Waals surface area contributed by atoms with Gasteiger partial charge in [0.2, 0.25) is 6.29 Å². The molecule has 13 nitrogen and oxygen atoms in total. The first kappa shape index (κ1) is 30.6. The van der Waals surface area contributed by atoms with Crippen LogP contribution in [-0.4, -0.2) is 115 Å². The molecule has 224 valence electrons. The molecule has 0 spiro atoms. The van der Waals surface area contributed by atoms with Crippen LogP contribution in [0.2, 0.25) is 0 Å². The zero-order chi connectivity index (χ0) is 28.5. The molecule has 2 saturated carbocycles. The number of ether oxygens (including phenoxy) is 4. The second-order valence-electron chi connectivity index (χ2n) is 12.1. The summed E-state index contributed by atoms with van der Waals surface area (Å²) in [7, 11) is 3.55. The van der Waals surface area contributed by atoms with Crippen LogP contribution in [0.25, 0.3) is 0 Å². The lowest BCUT2D eigenvalue weighted by Gasteiger charge is -2.49. The molecule has 2 heterocycles. The summed E-state index contributed by atoms with van der Waals surface area (Å²) in [6.45, 7) is 4.73. The van der Waals surface area contributed by atoms with E-state index in [1.807, 2.05) is 19.9 Å². The summed E-state index contributed by atoms with van der Waals surface area (Å²) in [6.07, 6.45) is -2.26. The van der Waals surface area contributed by atoms with Crippen LogP contribution in [0.3, 0.4) is 0 Å². The van der Waals surface area contributed by atoms with E-state index in [1.165, 1.54) is 0 Å². The first-order valence-electron chi connectivity index (χ1n) is 13.9. The van der Waals surface area contributed by atoms with Crippen molar-refractivity contribution in [2.24, 2.45) is 16.9 Å². The lowest BCUT2D eigenvalue weighted by Crippen LogP contribution is -2.69. The second kappa shape index (κ2) is 12.2. The first-order valence-corrected chi connectivity index (χ1v) is 13.9. The quantitative estimate of drug-likeness (QED) is 0.152. The van der Waals surface area contributed by atoms with E-state index in [-0.39, 0.29) is 17.9 Å². The Labute approximate surface area is 229 Å². The van der Waals surface area contributed by atoms with E-state index in [9.17, 15) is 20.1 Å². The maximum Gasteiger partial charge on any atom is 0.252 e. The van der Waals surface area contributed by atoms with Gasteiger partial charge in [-0.1, -0.05) is 13.8 Å². The van der Waals surface area contributed by atoms with Gasteiger partial charge in [0.25, 0.3) is 5.91 Å². The lowest BCUT2D eigenvalue weighted by molar-refractivity contribution is -0.295. The molecule has 10 N–H and O–H groups in total. The number of carbonyl (C=O) groups is 1. The maximum atomic E-state index is 12.9. The second-order valence-corrected chi connectivity index (χ2v) is 12.1. The van der Waals surface area contributed by atoms with Crippen molar-refractivity contribution in [1.29, 1.82) is 0 Å². The third-order valence-corrected chi connectivity index (χ3v) is 8.50. The number of nitrogens with one attached hydrogen (secondary N) is 3. The average molecular weight is 558 g/mol. The van der Waals surface area contributed by atoms with Crippen molar-refractivity contribution < 1.29 is 39.1 Å². The van der Waals surface area contributed by atoms with Crippen LogP contribution in [0, 0.1) is 5.41 Å². The van der Waals surface area contributed by atoms with Gasteiger partial charge >= 0.3 is 0 Å². The van der Waals surface area contributed by atoms with Crippen molar-refractivity contribution in [2.75, 3.05) is 27.2 Å². The molecule has 13 heteroatoms. The van der Waals surface area contributed by atoms with Crippen LogP contribution in [0.15, 0.2) is 11.8 Å². The molecule has 0 aromatic heterocycles. The zero-order valence-corrected chi connectivity index (χ0v) is 23.3. The Morgan fingerprint density at radius 1 is 1.10 bits per heavy atom. The van der Waals surface area contributed by atoms with E-state index in [1.54, 1.807) is 14.1 Å². The zero-order valence-electron chi connectivity index (χ0n) is 23.3. The minimum Gasteiger partial charge on any atom is -0.467 e. The van der Waals surface area contributed by atoms with Gasteiger partial charge in [0.15, 0.2) is 6.29 Å². The highest BCUT2D eigenvalue weighted by Crippen LogP contribution is 2.36. The van der Waals surface area contributed by atoms with E-state index in [0.717, 1.165) is 6.42 Å². The molecule has 0 aromatic rings. The molecule has 2 unspecified atom stereocenters. The number of nitrogens with two attached hydrogens (primary N) is 2. The number of aliphatic hydroxyl groups is 3. The molecule has 0 radical (unpaired) electrons. The Balaban J connectivity index is 1.53. The van der Waals surface area contributed by atoms with Crippen molar-refractivity contribution in [3.8, 4) is 0 Å². The fourth-order valence-corrected chi connectivity index (χ4v) is 5.95. The monoisotopic (exact) mass is 557 g/mol. The highest BCUT2D eigenvalue weighted by atomic mass is 16.7. The molecular weight excluding hydrogens is 510 g/mol. The lowest BCUT2D eigenvalue weighted by atomic mass is 9.78. The van der Waals surface area contributed by atoms with Crippen molar-refractivity contribution in [2.45, 2.75) is 113 Å². The molecule has 0 aromatic carbocycles. The summed E-state index contributed by atoms with van der Waals surface area (Å²) in [6, 6.07) is -2.30. The van der Waals surface area contributed by atoms with Gasteiger partial charge in [-0.3, -0.25) is 4.79 Å². The molecule has 1 saturated heterocycles. The van der Waals surface area contributed by atoms with E-state index in [4.69, 9.17) is 30.4 Å². The fourth-order valence-electron chi connectivity index (χ4n) is 5.95. The molecular formula is C26H47N5O8. The van der Waals surface area contributed by atoms with Crippen molar-refractivity contribution >= 4 is 5.91 Å². The molecule has 3 fully saturated rings. The number of amides is 1. The number of hydrogen-bond donors (Lipinski definition) is 8. The number of hydrogen-bond acceptors (Lipinski definition) is 12. The molecule has 39 heavy (non-hydrogen) atoms.